The maximum atomic E-state index is 5.77. The molecule has 1 atom stereocenters. The minimum atomic E-state index is 0.320. The van der Waals surface area contributed by atoms with Crippen LogP contribution in [0.1, 0.15) is 36.9 Å². The van der Waals surface area contributed by atoms with Crippen LogP contribution >= 0.6 is 0 Å². The second-order valence-corrected chi connectivity index (χ2v) is 5.08. The number of nitrogen functional groups attached to an aromatic ring is 1. The molecule has 5 nitrogen and oxygen atoms in total. The molecule has 0 saturated carbocycles. The Morgan fingerprint density at radius 2 is 2.11 bits per heavy atom. The zero-order valence-corrected chi connectivity index (χ0v) is 10.6. The standard InChI is InChI=1S/C13H20N4O/c14-13-16-11-6-2-1-5-10(11)12(17-13)15-8-9-4-3-7-18-9/h9H,1-8H2,(H3,14,15,16,17). The van der Waals surface area contributed by atoms with Gasteiger partial charge in [0.05, 0.1) is 11.8 Å². The van der Waals surface area contributed by atoms with Crippen LogP contribution in [-0.2, 0) is 17.6 Å². The monoisotopic (exact) mass is 248 g/mol. The zero-order valence-electron chi connectivity index (χ0n) is 10.6. The predicted molar refractivity (Wildman–Crippen MR) is 70.6 cm³/mol. The first-order valence-electron chi connectivity index (χ1n) is 6.83. The largest absolute Gasteiger partial charge is 0.376 e. The predicted octanol–water partition coefficient (Wildman–Crippen LogP) is 1.53. The Kier molecular flexibility index (Phi) is 3.32. The van der Waals surface area contributed by atoms with Gasteiger partial charge >= 0.3 is 0 Å². The number of anilines is 2. The first-order chi connectivity index (χ1) is 8.83. The highest BCUT2D eigenvalue weighted by atomic mass is 16.5. The molecule has 0 bridgehead atoms. The van der Waals surface area contributed by atoms with Crippen LogP contribution < -0.4 is 11.1 Å². The third-order valence-corrected chi connectivity index (χ3v) is 3.72. The van der Waals surface area contributed by atoms with Crippen molar-refractivity contribution in [2.24, 2.45) is 0 Å². The number of ether oxygens (including phenoxy) is 1. The molecule has 0 spiro atoms. The van der Waals surface area contributed by atoms with E-state index in [-0.39, 0.29) is 0 Å². The van der Waals surface area contributed by atoms with Gasteiger partial charge in [0.15, 0.2) is 0 Å². The van der Waals surface area contributed by atoms with Gasteiger partial charge in [-0.1, -0.05) is 0 Å². The molecule has 0 amide bonds. The average Bonchev–Trinajstić information content (AvgIpc) is 2.89. The fourth-order valence-corrected chi connectivity index (χ4v) is 2.78. The first-order valence-corrected chi connectivity index (χ1v) is 6.83. The lowest BCUT2D eigenvalue weighted by Crippen LogP contribution is -2.21. The van der Waals surface area contributed by atoms with E-state index in [0.717, 1.165) is 50.3 Å². The van der Waals surface area contributed by atoms with Crippen molar-refractivity contribution in [3.8, 4) is 0 Å². The Hall–Kier alpha value is -1.36. The molecule has 5 heteroatoms. The first kappa shape index (κ1) is 11.7. The number of nitrogens with one attached hydrogen (secondary N) is 1. The highest BCUT2D eigenvalue weighted by molar-refractivity contribution is 5.50. The quantitative estimate of drug-likeness (QED) is 0.848. The Morgan fingerprint density at radius 3 is 2.94 bits per heavy atom. The van der Waals surface area contributed by atoms with Crippen LogP contribution in [0.4, 0.5) is 11.8 Å². The molecule has 2 aliphatic rings. The van der Waals surface area contributed by atoms with Gasteiger partial charge in [-0.25, -0.2) is 4.98 Å². The topological polar surface area (TPSA) is 73.1 Å². The zero-order chi connectivity index (χ0) is 12.4. The van der Waals surface area contributed by atoms with Crippen molar-refractivity contribution >= 4 is 11.8 Å². The molecule has 2 heterocycles. The fourth-order valence-electron chi connectivity index (χ4n) is 2.78. The van der Waals surface area contributed by atoms with Crippen molar-refractivity contribution in [1.29, 1.82) is 0 Å². The number of hydrogen-bond acceptors (Lipinski definition) is 5. The number of hydrogen-bond donors (Lipinski definition) is 2. The fraction of sp³-hybridized carbons (Fsp3) is 0.692. The highest BCUT2D eigenvalue weighted by Crippen LogP contribution is 2.26. The molecule has 1 fully saturated rings. The molecular formula is C13H20N4O. The van der Waals surface area contributed by atoms with Crippen LogP contribution in [0.2, 0.25) is 0 Å². The van der Waals surface area contributed by atoms with Crippen LogP contribution in [0.15, 0.2) is 0 Å². The molecule has 18 heavy (non-hydrogen) atoms. The Bertz CT molecular complexity index is 429. The SMILES string of the molecule is Nc1nc2c(c(NCC3CCCO3)n1)CCCC2. The lowest BCUT2D eigenvalue weighted by Gasteiger charge is -2.20. The van der Waals surface area contributed by atoms with Gasteiger partial charge in [0.2, 0.25) is 5.95 Å². The minimum Gasteiger partial charge on any atom is -0.376 e. The number of fused-ring (bicyclic) bond motifs is 1. The van der Waals surface area contributed by atoms with Gasteiger partial charge in [0, 0.05) is 18.7 Å². The van der Waals surface area contributed by atoms with Crippen molar-refractivity contribution in [1.82, 2.24) is 9.97 Å². The van der Waals surface area contributed by atoms with Crippen LogP contribution in [-0.4, -0.2) is 29.2 Å². The number of aryl methyl sites for hydroxylation is 1. The van der Waals surface area contributed by atoms with Gasteiger partial charge in [0.1, 0.15) is 5.82 Å². The maximum absolute atomic E-state index is 5.77. The molecule has 3 rings (SSSR count). The molecule has 1 saturated heterocycles. The number of aromatic nitrogens is 2. The summed E-state index contributed by atoms with van der Waals surface area (Å²) in [5.41, 5.74) is 8.16. The van der Waals surface area contributed by atoms with Crippen molar-refractivity contribution in [2.45, 2.75) is 44.6 Å². The smallest absolute Gasteiger partial charge is 0.222 e. The van der Waals surface area contributed by atoms with Crippen molar-refractivity contribution in [3.05, 3.63) is 11.3 Å². The lowest BCUT2D eigenvalue weighted by molar-refractivity contribution is 0.120. The summed E-state index contributed by atoms with van der Waals surface area (Å²) in [4.78, 5) is 8.70. The molecule has 0 aromatic carbocycles. The van der Waals surface area contributed by atoms with E-state index in [2.05, 4.69) is 15.3 Å². The molecule has 98 valence electrons. The summed E-state index contributed by atoms with van der Waals surface area (Å²) < 4.78 is 5.61. The van der Waals surface area contributed by atoms with E-state index in [1.54, 1.807) is 0 Å². The Balaban J connectivity index is 1.75. The summed E-state index contributed by atoms with van der Waals surface area (Å²) in [6, 6.07) is 0. The van der Waals surface area contributed by atoms with Gasteiger partial charge < -0.3 is 15.8 Å². The third-order valence-electron chi connectivity index (χ3n) is 3.72. The normalized spacial score (nSPS) is 22.8. The molecule has 0 radical (unpaired) electrons. The van der Waals surface area contributed by atoms with Crippen molar-refractivity contribution in [2.75, 3.05) is 24.2 Å². The van der Waals surface area contributed by atoms with Gasteiger partial charge in [-0.3, -0.25) is 0 Å². The molecule has 1 aromatic rings. The number of nitrogens with zero attached hydrogens (tertiary/aromatic N) is 2. The second kappa shape index (κ2) is 5.10. The molecule has 1 aromatic heterocycles. The van der Waals surface area contributed by atoms with Gasteiger partial charge in [-0.05, 0) is 38.5 Å². The minimum absolute atomic E-state index is 0.320. The summed E-state index contributed by atoms with van der Waals surface area (Å²) >= 11 is 0. The van der Waals surface area contributed by atoms with E-state index in [0.29, 0.717) is 12.1 Å². The summed E-state index contributed by atoms with van der Waals surface area (Å²) in [5.74, 6) is 1.30. The van der Waals surface area contributed by atoms with E-state index in [1.165, 1.54) is 18.4 Å². The lowest BCUT2D eigenvalue weighted by atomic mass is 9.96. The van der Waals surface area contributed by atoms with Crippen LogP contribution in [0.5, 0.6) is 0 Å². The summed E-state index contributed by atoms with van der Waals surface area (Å²) in [5, 5.41) is 3.40. The summed E-state index contributed by atoms with van der Waals surface area (Å²) in [7, 11) is 0. The van der Waals surface area contributed by atoms with Crippen LogP contribution in [0, 0.1) is 0 Å². The molecule has 3 N–H and O–H groups in total. The molecular weight excluding hydrogens is 228 g/mol. The van der Waals surface area contributed by atoms with E-state index >= 15 is 0 Å². The molecule has 1 aliphatic heterocycles. The van der Waals surface area contributed by atoms with Crippen LogP contribution in [0.25, 0.3) is 0 Å². The van der Waals surface area contributed by atoms with Gasteiger partial charge in [-0.2, -0.15) is 4.98 Å². The number of nitrogens with two attached hydrogens (primary N) is 1. The highest BCUT2D eigenvalue weighted by Gasteiger charge is 2.19. The van der Waals surface area contributed by atoms with E-state index < -0.39 is 0 Å². The van der Waals surface area contributed by atoms with E-state index in [9.17, 15) is 0 Å². The van der Waals surface area contributed by atoms with Crippen molar-refractivity contribution in [3.63, 3.8) is 0 Å². The molecule has 1 aliphatic carbocycles. The summed E-state index contributed by atoms with van der Waals surface area (Å²) in [6.07, 6.45) is 7.12. The maximum Gasteiger partial charge on any atom is 0.222 e. The summed E-state index contributed by atoms with van der Waals surface area (Å²) in [6.45, 7) is 1.71. The Morgan fingerprint density at radius 1 is 1.22 bits per heavy atom. The van der Waals surface area contributed by atoms with Gasteiger partial charge in [0.25, 0.3) is 0 Å². The van der Waals surface area contributed by atoms with Crippen LogP contribution in [0.3, 0.4) is 0 Å². The van der Waals surface area contributed by atoms with Gasteiger partial charge in [-0.15, -0.1) is 0 Å². The second-order valence-electron chi connectivity index (χ2n) is 5.08. The molecule has 1 unspecified atom stereocenters. The van der Waals surface area contributed by atoms with E-state index in [4.69, 9.17) is 10.5 Å². The van der Waals surface area contributed by atoms with Crippen molar-refractivity contribution < 1.29 is 4.74 Å². The Labute approximate surface area is 107 Å². The average molecular weight is 248 g/mol. The third kappa shape index (κ3) is 2.41. The number of rotatable bonds is 3. The van der Waals surface area contributed by atoms with E-state index in [1.807, 2.05) is 0 Å².